The maximum absolute atomic E-state index is 12.4. The van der Waals surface area contributed by atoms with Crippen molar-refractivity contribution in [3.8, 4) is 0 Å². The lowest BCUT2D eigenvalue weighted by molar-refractivity contribution is 0.0600. The topological polar surface area (TPSA) is 84.5 Å². The van der Waals surface area contributed by atoms with Crippen LogP contribution in [0, 0.1) is 0 Å². The summed E-state index contributed by atoms with van der Waals surface area (Å²) in [6.45, 7) is 5.66. The number of amides is 2. The summed E-state index contributed by atoms with van der Waals surface area (Å²) in [5.41, 5.74) is 1.01. The van der Waals surface area contributed by atoms with E-state index in [1.165, 1.54) is 25.3 Å². The van der Waals surface area contributed by atoms with Crippen molar-refractivity contribution < 1.29 is 19.1 Å². The Balaban J connectivity index is 2.15. The first-order valence-corrected chi connectivity index (χ1v) is 8.60. The van der Waals surface area contributed by atoms with Crippen LogP contribution in [0.15, 0.2) is 42.5 Å². The summed E-state index contributed by atoms with van der Waals surface area (Å²) in [5.74, 6) is -1.17. The molecule has 0 aliphatic heterocycles. The van der Waals surface area contributed by atoms with Gasteiger partial charge in [-0.2, -0.15) is 0 Å². The number of anilines is 1. The molecule has 6 nitrogen and oxygen atoms in total. The number of hydrogen-bond acceptors (Lipinski definition) is 4. The number of carbonyl (C=O) groups excluding carboxylic acids is 3. The lowest BCUT2D eigenvalue weighted by Gasteiger charge is -2.20. The summed E-state index contributed by atoms with van der Waals surface area (Å²) in [6.07, 6.45) is 0. The summed E-state index contributed by atoms with van der Waals surface area (Å²) < 4.78 is 4.66. The number of halogens is 1. The zero-order chi connectivity index (χ0) is 20.2. The minimum Gasteiger partial charge on any atom is -0.465 e. The average molecular weight is 389 g/mol. The summed E-state index contributed by atoms with van der Waals surface area (Å²) in [5, 5.41) is 5.80. The highest BCUT2D eigenvalue weighted by molar-refractivity contribution is 6.34. The van der Waals surface area contributed by atoms with E-state index in [2.05, 4.69) is 15.4 Å². The van der Waals surface area contributed by atoms with Gasteiger partial charge in [-0.05, 0) is 63.2 Å². The van der Waals surface area contributed by atoms with Gasteiger partial charge in [0.05, 0.1) is 23.4 Å². The number of nitrogens with one attached hydrogen (secondary N) is 2. The van der Waals surface area contributed by atoms with Crippen LogP contribution in [0.3, 0.4) is 0 Å². The van der Waals surface area contributed by atoms with Crippen molar-refractivity contribution in [2.24, 2.45) is 0 Å². The molecule has 0 aliphatic carbocycles. The molecule has 2 aromatic carbocycles. The van der Waals surface area contributed by atoms with Crippen molar-refractivity contribution >= 4 is 35.1 Å². The first-order valence-electron chi connectivity index (χ1n) is 8.22. The lowest BCUT2D eigenvalue weighted by Crippen LogP contribution is -2.40. The zero-order valence-electron chi connectivity index (χ0n) is 15.6. The third-order valence-corrected chi connectivity index (χ3v) is 3.86. The second-order valence-electron chi connectivity index (χ2n) is 6.92. The van der Waals surface area contributed by atoms with Crippen molar-refractivity contribution in [2.75, 3.05) is 12.4 Å². The van der Waals surface area contributed by atoms with E-state index in [0.29, 0.717) is 16.8 Å². The molecular weight excluding hydrogens is 368 g/mol. The monoisotopic (exact) mass is 388 g/mol. The smallest absolute Gasteiger partial charge is 0.337 e. The Hall–Kier alpha value is -2.86. The molecule has 2 N–H and O–H groups in total. The van der Waals surface area contributed by atoms with Crippen LogP contribution in [0.25, 0.3) is 0 Å². The molecule has 7 heteroatoms. The second kappa shape index (κ2) is 8.22. The largest absolute Gasteiger partial charge is 0.465 e. The van der Waals surface area contributed by atoms with Gasteiger partial charge >= 0.3 is 5.97 Å². The van der Waals surface area contributed by atoms with Crippen molar-refractivity contribution in [1.82, 2.24) is 5.32 Å². The molecular formula is C20H21ClN2O4. The van der Waals surface area contributed by atoms with Crippen LogP contribution in [-0.4, -0.2) is 30.4 Å². The van der Waals surface area contributed by atoms with Gasteiger partial charge in [0.25, 0.3) is 11.8 Å². The number of ether oxygens (including phenoxy) is 1. The molecule has 2 rings (SSSR count). The van der Waals surface area contributed by atoms with E-state index in [9.17, 15) is 14.4 Å². The molecule has 0 saturated heterocycles. The van der Waals surface area contributed by atoms with E-state index in [1.54, 1.807) is 24.3 Å². The van der Waals surface area contributed by atoms with E-state index >= 15 is 0 Å². The Kier molecular flexibility index (Phi) is 6.23. The fourth-order valence-corrected chi connectivity index (χ4v) is 2.41. The molecule has 2 aromatic rings. The Morgan fingerprint density at radius 2 is 1.41 bits per heavy atom. The molecule has 0 fully saturated rings. The lowest BCUT2D eigenvalue weighted by atomic mass is 10.1. The summed E-state index contributed by atoms with van der Waals surface area (Å²) in [7, 11) is 1.27. The fraction of sp³-hybridized carbons (Fsp3) is 0.250. The zero-order valence-corrected chi connectivity index (χ0v) is 16.3. The molecule has 0 aliphatic rings. The van der Waals surface area contributed by atoms with E-state index in [-0.39, 0.29) is 22.0 Å². The second-order valence-corrected chi connectivity index (χ2v) is 7.33. The first kappa shape index (κ1) is 20.5. The Morgan fingerprint density at radius 3 is 1.93 bits per heavy atom. The van der Waals surface area contributed by atoms with Crippen LogP contribution in [0.4, 0.5) is 5.69 Å². The molecule has 2 amide bonds. The predicted octanol–water partition coefficient (Wildman–Crippen LogP) is 3.91. The average Bonchev–Trinajstić information content (AvgIpc) is 2.61. The Bertz CT molecular complexity index is 871. The molecule has 142 valence electrons. The maximum Gasteiger partial charge on any atom is 0.337 e. The highest BCUT2D eigenvalue weighted by Gasteiger charge is 2.16. The minimum absolute atomic E-state index is 0.219. The van der Waals surface area contributed by atoms with Gasteiger partial charge in [-0.3, -0.25) is 9.59 Å². The number of benzene rings is 2. The predicted molar refractivity (Wildman–Crippen MR) is 104 cm³/mol. The van der Waals surface area contributed by atoms with Crippen LogP contribution in [0.2, 0.25) is 5.02 Å². The van der Waals surface area contributed by atoms with Gasteiger partial charge in [0.15, 0.2) is 0 Å². The van der Waals surface area contributed by atoms with Crippen molar-refractivity contribution in [2.45, 2.75) is 26.3 Å². The molecule has 0 aromatic heterocycles. The minimum atomic E-state index is -0.531. The van der Waals surface area contributed by atoms with Gasteiger partial charge in [0, 0.05) is 16.7 Å². The summed E-state index contributed by atoms with van der Waals surface area (Å²) in [4.78, 5) is 36.2. The van der Waals surface area contributed by atoms with Gasteiger partial charge in [-0.25, -0.2) is 4.79 Å². The number of carbonyl (C=O) groups is 3. The SMILES string of the molecule is COC(=O)c1ccc(Cl)c(NC(=O)c2ccc(C(=O)NC(C)(C)C)cc2)c1. The first-order chi connectivity index (χ1) is 12.6. The Morgan fingerprint density at radius 1 is 0.889 bits per heavy atom. The van der Waals surface area contributed by atoms with Gasteiger partial charge in [0.1, 0.15) is 0 Å². The molecule has 0 spiro atoms. The van der Waals surface area contributed by atoms with Crippen molar-refractivity contribution in [3.63, 3.8) is 0 Å². The normalized spacial score (nSPS) is 10.9. The van der Waals surface area contributed by atoms with Crippen LogP contribution in [0.1, 0.15) is 51.8 Å². The van der Waals surface area contributed by atoms with Gasteiger partial charge < -0.3 is 15.4 Å². The number of methoxy groups -OCH3 is 1. The maximum atomic E-state index is 12.4. The van der Waals surface area contributed by atoms with Gasteiger partial charge in [-0.1, -0.05) is 11.6 Å². The molecule has 0 unspecified atom stereocenters. The standard InChI is InChI=1S/C20H21ClN2O4/c1-20(2,3)23-18(25)13-7-5-12(6-8-13)17(24)22-16-11-14(19(26)27-4)9-10-15(16)21/h5-11H,1-4H3,(H,22,24)(H,23,25). The number of rotatable bonds is 4. The van der Waals surface area contributed by atoms with Crippen LogP contribution in [0.5, 0.6) is 0 Å². The molecule has 0 bridgehead atoms. The molecule has 0 saturated carbocycles. The van der Waals surface area contributed by atoms with Crippen molar-refractivity contribution in [3.05, 3.63) is 64.2 Å². The molecule has 27 heavy (non-hydrogen) atoms. The quantitative estimate of drug-likeness (QED) is 0.778. The van der Waals surface area contributed by atoms with Gasteiger partial charge in [-0.15, -0.1) is 0 Å². The van der Waals surface area contributed by atoms with Crippen LogP contribution in [-0.2, 0) is 4.74 Å². The molecule has 0 atom stereocenters. The molecule has 0 radical (unpaired) electrons. The number of hydrogen-bond donors (Lipinski definition) is 2. The van der Waals surface area contributed by atoms with E-state index in [0.717, 1.165) is 0 Å². The van der Waals surface area contributed by atoms with Crippen LogP contribution < -0.4 is 10.6 Å². The third-order valence-electron chi connectivity index (χ3n) is 3.53. The Labute approximate surface area is 162 Å². The third kappa shape index (κ3) is 5.56. The summed E-state index contributed by atoms with van der Waals surface area (Å²) >= 11 is 6.08. The highest BCUT2D eigenvalue weighted by atomic mass is 35.5. The van der Waals surface area contributed by atoms with Crippen molar-refractivity contribution in [1.29, 1.82) is 0 Å². The van der Waals surface area contributed by atoms with Crippen LogP contribution >= 0.6 is 11.6 Å². The van der Waals surface area contributed by atoms with Gasteiger partial charge in [0.2, 0.25) is 0 Å². The number of esters is 1. The van der Waals surface area contributed by atoms with E-state index in [1.807, 2.05) is 20.8 Å². The van der Waals surface area contributed by atoms with E-state index < -0.39 is 11.9 Å². The molecule has 0 heterocycles. The highest BCUT2D eigenvalue weighted by Crippen LogP contribution is 2.24. The summed E-state index contributed by atoms with van der Waals surface area (Å²) in [6, 6.07) is 10.7. The van der Waals surface area contributed by atoms with E-state index in [4.69, 9.17) is 11.6 Å². The fourth-order valence-electron chi connectivity index (χ4n) is 2.25.